The second-order valence-corrected chi connectivity index (χ2v) is 2.84. The number of aromatic nitrogens is 1. The Kier molecular flexibility index (Phi) is 1.70. The molecule has 2 aromatic rings. The minimum Gasteiger partial charge on any atom is -0.264 e. The maximum atomic E-state index is 12.9. The highest BCUT2D eigenvalue weighted by molar-refractivity contribution is 6.35. The normalized spacial score (nSPS) is 10.5. The van der Waals surface area contributed by atoms with Gasteiger partial charge in [-0.15, -0.1) is 0 Å². The molecule has 3 heteroatoms. The van der Waals surface area contributed by atoms with Gasteiger partial charge in [0.2, 0.25) is 0 Å². The van der Waals surface area contributed by atoms with Crippen LogP contribution < -0.4 is 0 Å². The molecule has 0 unspecified atom stereocenters. The van der Waals surface area contributed by atoms with Gasteiger partial charge in [-0.05, 0) is 18.2 Å². The molecule has 1 aromatic heterocycles. The molecule has 0 saturated carbocycles. The zero-order valence-corrected chi connectivity index (χ0v) is 6.85. The van der Waals surface area contributed by atoms with Gasteiger partial charge in [0.1, 0.15) is 5.82 Å². The van der Waals surface area contributed by atoms with Crippen molar-refractivity contribution in [3.8, 4) is 0 Å². The smallest absolute Gasteiger partial charge is 0.142 e. The van der Waals surface area contributed by atoms with Crippen molar-refractivity contribution in [2.24, 2.45) is 0 Å². The molecule has 2 rings (SSSR count). The summed E-state index contributed by atoms with van der Waals surface area (Å²) >= 11 is 5.72. The van der Waals surface area contributed by atoms with Crippen LogP contribution in [-0.2, 0) is 0 Å². The lowest BCUT2D eigenvalue weighted by molar-refractivity contribution is 0.630. The number of fused-ring (bicyclic) bond motifs is 1. The summed E-state index contributed by atoms with van der Waals surface area (Å²) in [6.07, 6.45) is 3.24. The van der Waals surface area contributed by atoms with E-state index in [1.54, 1.807) is 24.5 Å². The molecule has 0 fully saturated rings. The third-order valence-electron chi connectivity index (χ3n) is 1.71. The van der Waals surface area contributed by atoms with Crippen LogP contribution in [0.2, 0.25) is 5.02 Å². The molecule has 0 amide bonds. The van der Waals surface area contributed by atoms with E-state index in [1.165, 1.54) is 6.07 Å². The molecular formula is C9H5ClFN. The van der Waals surface area contributed by atoms with Crippen molar-refractivity contribution in [1.29, 1.82) is 0 Å². The van der Waals surface area contributed by atoms with Crippen LogP contribution in [0.4, 0.5) is 4.39 Å². The third kappa shape index (κ3) is 1.04. The first kappa shape index (κ1) is 7.50. The fraction of sp³-hybridized carbons (Fsp3) is 0. The van der Waals surface area contributed by atoms with Crippen molar-refractivity contribution in [2.45, 2.75) is 0 Å². The highest BCUT2D eigenvalue weighted by atomic mass is 35.5. The van der Waals surface area contributed by atoms with Crippen molar-refractivity contribution in [3.63, 3.8) is 0 Å². The van der Waals surface area contributed by atoms with Gasteiger partial charge < -0.3 is 0 Å². The molecule has 1 heterocycles. The van der Waals surface area contributed by atoms with Crippen molar-refractivity contribution < 1.29 is 4.39 Å². The van der Waals surface area contributed by atoms with Gasteiger partial charge in [-0.1, -0.05) is 11.6 Å². The summed E-state index contributed by atoms with van der Waals surface area (Å²) in [5.41, 5.74) is 0. The lowest BCUT2D eigenvalue weighted by Crippen LogP contribution is -1.80. The van der Waals surface area contributed by atoms with E-state index in [9.17, 15) is 4.39 Å². The molecular weight excluding hydrogens is 177 g/mol. The molecule has 1 aromatic carbocycles. The second-order valence-electron chi connectivity index (χ2n) is 2.46. The topological polar surface area (TPSA) is 12.9 Å². The van der Waals surface area contributed by atoms with Crippen LogP contribution in [0.3, 0.4) is 0 Å². The van der Waals surface area contributed by atoms with Gasteiger partial charge in [0.05, 0.1) is 5.02 Å². The lowest BCUT2D eigenvalue weighted by Gasteiger charge is -1.99. The number of pyridine rings is 1. The van der Waals surface area contributed by atoms with Crippen molar-refractivity contribution in [2.75, 3.05) is 0 Å². The van der Waals surface area contributed by atoms with E-state index in [-0.39, 0.29) is 5.02 Å². The molecule has 1 nitrogen and oxygen atoms in total. The Morgan fingerprint density at radius 3 is 2.92 bits per heavy atom. The van der Waals surface area contributed by atoms with E-state index >= 15 is 0 Å². The van der Waals surface area contributed by atoms with Crippen LogP contribution in [0.1, 0.15) is 0 Å². The van der Waals surface area contributed by atoms with Gasteiger partial charge in [-0.2, -0.15) is 0 Å². The van der Waals surface area contributed by atoms with Gasteiger partial charge in [0, 0.05) is 23.2 Å². The number of rotatable bonds is 0. The van der Waals surface area contributed by atoms with Crippen LogP contribution in [0, 0.1) is 5.82 Å². The molecule has 0 aliphatic carbocycles. The molecule has 0 bridgehead atoms. The van der Waals surface area contributed by atoms with Crippen molar-refractivity contribution in [1.82, 2.24) is 4.98 Å². The van der Waals surface area contributed by atoms with E-state index in [0.717, 1.165) is 5.39 Å². The molecule has 0 aliphatic heterocycles. The van der Waals surface area contributed by atoms with Crippen LogP contribution in [0.15, 0.2) is 30.6 Å². The first-order valence-corrected chi connectivity index (χ1v) is 3.84. The maximum Gasteiger partial charge on any atom is 0.142 e. The zero-order chi connectivity index (χ0) is 8.55. The van der Waals surface area contributed by atoms with Crippen LogP contribution in [0.5, 0.6) is 0 Å². The third-order valence-corrected chi connectivity index (χ3v) is 2.09. The SMILES string of the molecule is Fc1ccc2cnccc2c1Cl. The molecule has 0 saturated heterocycles. The van der Waals surface area contributed by atoms with E-state index < -0.39 is 5.82 Å². The minimum atomic E-state index is -0.393. The maximum absolute atomic E-state index is 12.9. The predicted octanol–water partition coefficient (Wildman–Crippen LogP) is 3.03. The summed E-state index contributed by atoms with van der Waals surface area (Å²) in [5.74, 6) is -0.393. The largest absolute Gasteiger partial charge is 0.264 e. The highest BCUT2D eigenvalue weighted by Crippen LogP contribution is 2.24. The summed E-state index contributed by atoms with van der Waals surface area (Å²) in [5, 5.41) is 1.71. The molecule has 0 aliphatic rings. The number of benzene rings is 1. The molecule has 60 valence electrons. The average molecular weight is 182 g/mol. The number of halogens is 2. The lowest BCUT2D eigenvalue weighted by atomic mass is 10.2. The summed E-state index contributed by atoms with van der Waals surface area (Å²) in [6.45, 7) is 0. The Balaban J connectivity index is 2.91. The minimum absolute atomic E-state index is 0.162. The number of nitrogens with zero attached hydrogens (tertiary/aromatic N) is 1. The molecule has 0 N–H and O–H groups in total. The Hall–Kier alpha value is -1.15. The Labute approximate surface area is 73.8 Å². The van der Waals surface area contributed by atoms with Crippen molar-refractivity contribution in [3.05, 3.63) is 41.4 Å². The molecule has 12 heavy (non-hydrogen) atoms. The average Bonchev–Trinajstić information content (AvgIpc) is 2.12. The highest BCUT2D eigenvalue weighted by Gasteiger charge is 2.03. The first-order valence-electron chi connectivity index (χ1n) is 3.47. The summed E-state index contributed by atoms with van der Waals surface area (Å²) in [6, 6.07) is 4.69. The molecule has 0 atom stereocenters. The monoisotopic (exact) mass is 181 g/mol. The number of hydrogen-bond acceptors (Lipinski definition) is 1. The van der Waals surface area contributed by atoms with Crippen LogP contribution in [0.25, 0.3) is 10.8 Å². The van der Waals surface area contributed by atoms with Gasteiger partial charge >= 0.3 is 0 Å². The fourth-order valence-corrected chi connectivity index (χ4v) is 1.34. The summed E-state index contributed by atoms with van der Waals surface area (Å²) in [7, 11) is 0. The standard InChI is InChI=1S/C9H5ClFN/c10-9-7-3-4-12-5-6(7)1-2-8(9)11/h1-5H. The number of hydrogen-bond donors (Lipinski definition) is 0. The van der Waals surface area contributed by atoms with Gasteiger partial charge in [0.15, 0.2) is 0 Å². The zero-order valence-electron chi connectivity index (χ0n) is 6.09. The Bertz CT molecular complexity index is 428. The van der Waals surface area contributed by atoms with Gasteiger partial charge in [0.25, 0.3) is 0 Å². The van der Waals surface area contributed by atoms with Crippen molar-refractivity contribution >= 4 is 22.4 Å². The molecule has 0 spiro atoms. The fourth-order valence-electron chi connectivity index (χ4n) is 1.10. The van der Waals surface area contributed by atoms with E-state index in [1.807, 2.05) is 0 Å². The molecule has 0 radical (unpaired) electrons. The van der Waals surface area contributed by atoms with E-state index in [2.05, 4.69) is 4.98 Å². The summed E-state index contributed by atoms with van der Waals surface area (Å²) in [4.78, 5) is 3.90. The van der Waals surface area contributed by atoms with Crippen LogP contribution in [-0.4, -0.2) is 4.98 Å². The van der Waals surface area contributed by atoms with Gasteiger partial charge in [-0.3, -0.25) is 4.98 Å². The summed E-state index contributed by atoms with van der Waals surface area (Å²) < 4.78 is 12.9. The Morgan fingerprint density at radius 1 is 1.25 bits per heavy atom. The first-order chi connectivity index (χ1) is 5.79. The quantitative estimate of drug-likeness (QED) is 0.609. The van der Waals surface area contributed by atoms with E-state index in [0.29, 0.717) is 5.39 Å². The van der Waals surface area contributed by atoms with E-state index in [4.69, 9.17) is 11.6 Å². The predicted molar refractivity (Wildman–Crippen MR) is 46.7 cm³/mol. The van der Waals surface area contributed by atoms with Gasteiger partial charge in [-0.25, -0.2) is 4.39 Å². The van der Waals surface area contributed by atoms with Crippen LogP contribution >= 0.6 is 11.6 Å². The second kappa shape index (κ2) is 2.72. The Morgan fingerprint density at radius 2 is 2.08 bits per heavy atom.